The number of aromatic carboxylic acids is 1. The van der Waals surface area contributed by atoms with Crippen molar-refractivity contribution in [3.63, 3.8) is 0 Å². The van der Waals surface area contributed by atoms with E-state index in [1.165, 1.54) is 0 Å². The fourth-order valence-corrected chi connectivity index (χ4v) is 2.02. The molecule has 0 aliphatic carbocycles. The van der Waals surface area contributed by atoms with Gasteiger partial charge >= 0.3 is 5.97 Å². The van der Waals surface area contributed by atoms with Crippen LogP contribution in [0.1, 0.15) is 10.4 Å². The molecule has 2 N–H and O–H groups in total. The summed E-state index contributed by atoms with van der Waals surface area (Å²) in [5, 5.41) is 12.9. The molecule has 0 unspecified atom stereocenters. The topological polar surface area (TPSA) is 52.6 Å². The molecule has 0 spiro atoms. The van der Waals surface area contributed by atoms with E-state index in [2.05, 4.69) is 5.32 Å². The smallest absolute Gasteiger partial charge is 0.337 e. The van der Waals surface area contributed by atoms with Crippen LogP contribution in [0.5, 0.6) is 0 Å². The van der Waals surface area contributed by atoms with Gasteiger partial charge in [0, 0.05) is 31.2 Å². The first-order valence-electron chi connectivity index (χ1n) is 5.17. The summed E-state index contributed by atoms with van der Waals surface area (Å²) in [6, 6.07) is 4.88. The second-order valence-corrected chi connectivity index (χ2v) is 4.14. The zero-order chi connectivity index (χ0) is 11.5. The number of nitrogens with one attached hydrogen (secondary N) is 1. The van der Waals surface area contributed by atoms with Crippen molar-refractivity contribution >= 4 is 23.3 Å². The minimum absolute atomic E-state index is 0.311. The predicted molar refractivity (Wildman–Crippen MR) is 63.5 cm³/mol. The fraction of sp³-hybridized carbons (Fsp3) is 0.364. The third-order valence-corrected chi connectivity index (χ3v) is 2.88. The highest BCUT2D eigenvalue weighted by molar-refractivity contribution is 6.31. The summed E-state index contributed by atoms with van der Waals surface area (Å²) >= 11 is 5.91. The van der Waals surface area contributed by atoms with Crippen LogP contribution in [0, 0.1) is 0 Å². The summed E-state index contributed by atoms with van der Waals surface area (Å²) in [5.74, 6) is -0.912. The molecule has 1 heterocycles. The van der Waals surface area contributed by atoms with Crippen LogP contribution in [0.4, 0.5) is 5.69 Å². The van der Waals surface area contributed by atoms with Crippen LogP contribution in [0.15, 0.2) is 18.2 Å². The quantitative estimate of drug-likeness (QED) is 0.822. The van der Waals surface area contributed by atoms with E-state index in [1.54, 1.807) is 18.2 Å². The Hall–Kier alpha value is -1.26. The molecular weight excluding hydrogens is 228 g/mol. The van der Waals surface area contributed by atoms with Gasteiger partial charge in [0.25, 0.3) is 0 Å². The molecular formula is C11H13ClN2O2. The number of hydrogen-bond donors (Lipinski definition) is 2. The minimum Gasteiger partial charge on any atom is -0.478 e. The van der Waals surface area contributed by atoms with Gasteiger partial charge in [-0.2, -0.15) is 0 Å². The monoisotopic (exact) mass is 240 g/mol. The van der Waals surface area contributed by atoms with Crippen LogP contribution in [0.2, 0.25) is 5.02 Å². The lowest BCUT2D eigenvalue weighted by Gasteiger charge is -2.30. The number of benzene rings is 1. The molecule has 5 heteroatoms. The standard InChI is InChI=1S/C11H13ClN2O2/c12-8-1-2-9(11(15)16)10(7-8)14-5-3-13-4-6-14/h1-2,7,13H,3-6H2,(H,15,16). The average molecular weight is 241 g/mol. The number of piperazine rings is 1. The zero-order valence-electron chi connectivity index (χ0n) is 8.74. The lowest BCUT2D eigenvalue weighted by molar-refractivity contribution is 0.0697. The van der Waals surface area contributed by atoms with E-state index in [0.29, 0.717) is 16.3 Å². The van der Waals surface area contributed by atoms with Crippen LogP contribution in [0.25, 0.3) is 0 Å². The summed E-state index contributed by atoms with van der Waals surface area (Å²) < 4.78 is 0. The van der Waals surface area contributed by atoms with Crippen LogP contribution < -0.4 is 10.2 Å². The molecule has 2 rings (SSSR count). The molecule has 86 valence electrons. The molecule has 0 radical (unpaired) electrons. The number of anilines is 1. The van der Waals surface area contributed by atoms with Crippen molar-refractivity contribution < 1.29 is 9.90 Å². The van der Waals surface area contributed by atoms with Crippen molar-refractivity contribution in [1.82, 2.24) is 5.32 Å². The Bertz CT molecular complexity index is 403. The Morgan fingerprint density at radius 3 is 2.69 bits per heavy atom. The van der Waals surface area contributed by atoms with Crippen LogP contribution in [-0.2, 0) is 0 Å². The summed E-state index contributed by atoms with van der Waals surface area (Å²) in [7, 11) is 0. The van der Waals surface area contributed by atoms with Crippen molar-refractivity contribution in [2.24, 2.45) is 0 Å². The summed E-state index contributed by atoms with van der Waals surface area (Å²) in [4.78, 5) is 13.1. The Morgan fingerprint density at radius 1 is 1.38 bits per heavy atom. The van der Waals surface area contributed by atoms with E-state index < -0.39 is 5.97 Å². The van der Waals surface area contributed by atoms with Crippen molar-refractivity contribution in [1.29, 1.82) is 0 Å². The number of hydrogen-bond acceptors (Lipinski definition) is 3. The summed E-state index contributed by atoms with van der Waals surface area (Å²) in [6.07, 6.45) is 0. The summed E-state index contributed by atoms with van der Waals surface area (Å²) in [5.41, 5.74) is 1.02. The third-order valence-electron chi connectivity index (χ3n) is 2.65. The second-order valence-electron chi connectivity index (χ2n) is 3.70. The largest absolute Gasteiger partial charge is 0.478 e. The molecule has 0 amide bonds. The van der Waals surface area contributed by atoms with E-state index >= 15 is 0 Å². The van der Waals surface area contributed by atoms with E-state index in [1.807, 2.05) is 4.90 Å². The molecule has 1 aromatic carbocycles. The van der Waals surface area contributed by atoms with E-state index in [4.69, 9.17) is 16.7 Å². The Balaban J connectivity index is 2.36. The third kappa shape index (κ3) is 2.28. The second kappa shape index (κ2) is 4.72. The molecule has 1 fully saturated rings. The van der Waals surface area contributed by atoms with E-state index in [9.17, 15) is 4.79 Å². The highest BCUT2D eigenvalue weighted by Crippen LogP contribution is 2.25. The van der Waals surface area contributed by atoms with Gasteiger partial charge < -0.3 is 15.3 Å². The van der Waals surface area contributed by atoms with E-state index in [0.717, 1.165) is 26.2 Å². The molecule has 0 atom stereocenters. The van der Waals surface area contributed by atoms with Gasteiger partial charge in [0.15, 0.2) is 0 Å². The predicted octanol–water partition coefficient (Wildman–Crippen LogP) is 1.45. The molecule has 1 aromatic rings. The van der Waals surface area contributed by atoms with Crippen molar-refractivity contribution in [2.75, 3.05) is 31.1 Å². The Kier molecular flexibility index (Phi) is 3.31. The molecule has 0 bridgehead atoms. The lowest BCUT2D eigenvalue weighted by atomic mass is 10.1. The number of rotatable bonds is 2. The molecule has 16 heavy (non-hydrogen) atoms. The summed E-state index contributed by atoms with van der Waals surface area (Å²) in [6.45, 7) is 3.35. The van der Waals surface area contributed by atoms with Gasteiger partial charge in [-0.15, -0.1) is 0 Å². The number of carbonyl (C=O) groups is 1. The van der Waals surface area contributed by atoms with Crippen molar-refractivity contribution in [3.8, 4) is 0 Å². The first kappa shape index (κ1) is 11.2. The van der Waals surface area contributed by atoms with Gasteiger partial charge in [0.2, 0.25) is 0 Å². The Labute approximate surface area is 98.8 Å². The van der Waals surface area contributed by atoms with Gasteiger partial charge in [-0.1, -0.05) is 11.6 Å². The lowest BCUT2D eigenvalue weighted by Crippen LogP contribution is -2.44. The van der Waals surface area contributed by atoms with Crippen LogP contribution >= 0.6 is 11.6 Å². The number of nitrogens with zero attached hydrogens (tertiary/aromatic N) is 1. The maximum atomic E-state index is 11.1. The van der Waals surface area contributed by atoms with Crippen molar-refractivity contribution in [2.45, 2.75) is 0 Å². The fourth-order valence-electron chi connectivity index (χ4n) is 1.85. The zero-order valence-corrected chi connectivity index (χ0v) is 9.50. The highest BCUT2D eigenvalue weighted by Gasteiger charge is 2.17. The highest BCUT2D eigenvalue weighted by atomic mass is 35.5. The minimum atomic E-state index is -0.912. The van der Waals surface area contributed by atoms with Gasteiger partial charge in [-0.3, -0.25) is 0 Å². The first-order chi connectivity index (χ1) is 7.68. The number of carboxylic acid groups (broad SMARTS) is 1. The number of halogens is 1. The SMILES string of the molecule is O=C(O)c1ccc(Cl)cc1N1CCNCC1. The van der Waals surface area contributed by atoms with Crippen LogP contribution in [-0.4, -0.2) is 37.3 Å². The van der Waals surface area contributed by atoms with Gasteiger partial charge in [0.05, 0.1) is 11.3 Å². The first-order valence-corrected chi connectivity index (χ1v) is 5.55. The number of carboxylic acids is 1. The Morgan fingerprint density at radius 2 is 2.06 bits per heavy atom. The maximum Gasteiger partial charge on any atom is 0.337 e. The van der Waals surface area contributed by atoms with Gasteiger partial charge in [-0.05, 0) is 18.2 Å². The molecule has 1 saturated heterocycles. The maximum absolute atomic E-state index is 11.1. The molecule has 1 aliphatic heterocycles. The van der Waals surface area contributed by atoms with E-state index in [-0.39, 0.29) is 0 Å². The van der Waals surface area contributed by atoms with Crippen molar-refractivity contribution in [3.05, 3.63) is 28.8 Å². The molecule has 4 nitrogen and oxygen atoms in total. The molecule has 0 saturated carbocycles. The average Bonchev–Trinajstić information content (AvgIpc) is 2.29. The molecule has 1 aliphatic rings. The van der Waals surface area contributed by atoms with Crippen LogP contribution in [0.3, 0.4) is 0 Å². The van der Waals surface area contributed by atoms with Gasteiger partial charge in [0.1, 0.15) is 0 Å². The molecule has 0 aromatic heterocycles. The van der Waals surface area contributed by atoms with Gasteiger partial charge in [-0.25, -0.2) is 4.79 Å². The normalized spacial score (nSPS) is 16.2.